The molecule has 146 valence electrons. The van der Waals surface area contributed by atoms with Crippen LogP contribution in [0.15, 0.2) is 42.5 Å². The first-order valence-corrected chi connectivity index (χ1v) is 8.89. The summed E-state index contributed by atoms with van der Waals surface area (Å²) in [5.41, 5.74) is 1.63. The standard InChI is InChI=1S/C21H28N2O4/c1-6-27-17-10-7-15(8-11-17)18(23(2)3)14-22-21(24)16-9-12-19(25-4)20(13-16)26-5/h7-13,18H,6,14H2,1-5H3,(H,22,24). The number of likely N-dealkylation sites (N-methyl/N-ethyl adjacent to an activating group) is 1. The van der Waals surface area contributed by atoms with Gasteiger partial charge < -0.3 is 24.4 Å². The van der Waals surface area contributed by atoms with Gasteiger partial charge in [0.05, 0.1) is 26.9 Å². The molecule has 0 aliphatic carbocycles. The van der Waals surface area contributed by atoms with Crippen molar-refractivity contribution in [3.63, 3.8) is 0 Å². The van der Waals surface area contributed by atoms with Gasteiger partial charge in [-0.2, -0.15) is 0 Å². The molecule has 27 heavy (non-hydrogen) atoms. The van der Waals surface area contributed by atoms with Crippen molar-refractivity contribution in [2.24, 2.45) is 0 Å². The van der Waals surface area contributed by atoms with Crippen molar-refractivity contribution in [2.45, 2.75) is 13.0 Å². The van der Waals surface area contributed by atoms with E-state index in [0.29, 0.717) is 30.2 Å². The van der Waals surface area contributed by atoms with Gasteiger partial charge in [-0.25, -0.2) is 0 Å². The summed E-state index contributed by atoms with van der Waals surface area (Å²) < 4.78 is 16.0. The number of rotatable bonds is 9. The van der Waals surface area contributed by atoms with E-state index in [1.807, 2.05) is 45.3 Å². The first-order valence-electron chi connectivity index (χ1n) is 8.89. The average molecular weight is 372 g/mol. The molecule has 0 aromatic heterocycles. The van der Waals surface area contributed by atoms with Gasteiger partial charge in [0, 0.05) is 12.1 Å². The number of ether oxygens (including phenoxy) is 3. The Bertz CT molecular complexity index is 744. The van der Waals surface area contributed by atoms with Crippen molar-refractivity contribution in [3.8, 4) is 17.2 Å². The highest BCUT2D eigenvalue weighted by molar-refractivity contribution is 5.94. The average Bonchev–Trinajstić information content (AvgIpc) is 2.68. The summed E-state index contributed by atoms with van der Waals surface area (Å²) in [7, 11) is 7.09. The van der Waals surface area contributed by atoms with E-state index in [-0.39, 0.29) is 11.9 Å². The second-order valence-electron chi connectivity index (χ2n) is 6.26. The highest BCUT2D eigenvalue weighted by atomic mass is 16.5. The first-order chi connectivity index (χ1) is 13.0. The van der Waals surface area contributed by atoms with Crippen molar-refractivity contribution < 1.29 is 19.0 Å². The number of hydrogen-bond donors (Lipinski definition) is 1. The predicted octanol–water partition coefficient (Wildman–Crippen LogP) is 3.14. The fourth-order valence-electron chi connectivity index (χ4n) is 2.82. The van der Waals surface area contributed by atoms with Gasteiger partial charge in [0.25, 0.3) is 5.91 Å². The maximum Gasteiger partial charge on any atom is 0.251 e. The van der Waals surface area contributed by atoms with E-state index in [1.54, 1.807) is 32.4 Å². The minimum absolute atomic E-state index is 0.0461. The van der Waals surface area contributed by atoms with Gasteiger partial charge in [-0.3, -0.25) is 4.79 Å². The van der Waals surface area contributed by atoms with Crippen molar-refractivity contribution in [3.05, 3.63) is 53.6 Å². The topological polar surface area (TPSA) is 60.0 Å². The lowest BCUT2D eigenvalue weighted by molar-refractivity contribution is 0.0941. The Morgan fingerprint density at radius 3 is 2.26 bits per heavy atom. The van der Waals surface area contributed by atoms with E-state index in [4.69, 9.17) is 14.2 Å². The van der Waals surface area contributed by atoms with Crippen molar-refractivity contribution in [1.29, 1.82) is 0 Å². The summed E-state index contributed by atoms with van der Waals surface area (Å²) >= 11 is 0. The third kappa shape index (κ3) is 5.37. The van der Waals surface area contributed by atoms with E-state index in [1.165, 1.54) is 0 Å². The summed E-state index contributed by atoms with van der Waals surface area (Å²) in [6, 6.07) is 13.1. The Kier molecular flexibility index (Phi) is 7.49. The van der Waals surface area contributed by atoms with Crippen LogP contribution in [-0.2, 0) is 0 Å². The molecule has 6 nitrogen and oxygen atoms in total. The van der Waals surface area contributed by atoms with Crippen LogP contribution < -0.4 is 19.5 Å². The third-order valence-electron chi connectivity index (χ3n) is 4.30. The van der Waals surface area contributed by atoms with Crippen LogP contribution in [0, 0.1) is 0 Å². The predicted molar refractivity (Wildman–Crippen MR) is 106 cm³/mol. The van der Waals surface area contributed by atoms with Gasteiger partial charge in [0.1, 0.15) is 5.75 Å². The fourth-order valence-corrected chi connectivity index (χ4v) is 2.82. The van der Waals surface area contributed by atoms with Crippen LogP contribution in [0.1, 0.15) is 28.9 Å². The van der Waals surface area contributed by atoms with Gasteiger partial charge in [0.2, 0.25) is 0 Å². The van der Waals surface area contributed by atoms with Gasteiger partial charge in [-0.1, -0.05) is 12.1 Å². The Hall–Kier alpha value is -2.73. The van der Waals surface area contributed by atoms with Gasteiger partial charge >= 0.3 is 0 Å². The van der Waals surface area contributed by atoms with E-state index in [9.17, 15) is 4.79 Å². The molecule has 6 heteroatoms. The number of methoxy groups -OCH3 is 2. The maximum absolute atomic E-state index is 12.6. The van der Waals surface area contributed by atoms with Crippen LogP contribution in [0.4, 0.5) is 0 Å². The quantitative estimate of drug-likeness (QED) is 0.733. The number of carbonyl (C=O) groups excluding carboxylic acids is 1. The molecule has 0 radical (unpaired) electrons. The highest BCUT2D eigenvalue weighted by Crippen LogP contribution is 2.27. The largest absolute Gasteiger partial charge is 0.494 e. The monoisotopic (exact) mass is 372 g/mol. The number of amides is 1. The maximum atomic E-state index is 12.6. The van der Waals surface area contributed by atoms with Crippen LogP contribution in [0.25, 0.3) is 0 Å². The van der Waals surface area contributed by atoms with Crippen LogP contribution >= 0.6 is 0 Å². The molecule has 1 amide bonds. The summed E-state index contributed by atoms with van der Waals surface area (Å²) in [5, 5.41) is 3.00. The van der Waals surface area contributed by atoms with Crippen molar-refractivity contribution in [1.82, 2.24) is 10.2 Å². The number of hydrogen-bond acceptors (Lipinski definition) is 5. The van der Waals surface area contributed by atoms with Gasteiger partial charge in [0.15, 0.2) is 11.5 Å². The smallest absolute Gasteiger partial charge is 0.251 e. The van der Waals surface area contributed by atoms with E-state index < -0.39 is 0 Å². The highest BCUT2D eigenvalue weighted by Gasteiger charge is 2.17. The first kappa shape index (κ1) is 20.6. The lowest BCUT2D eigenvalue weighted by Crippen LogP contribution is -2.34. The van der Waals surface area contributed by atoms with Gasteiger partial charge in [-0.05, 0) is 56.9 Å². The summed E-state index contributed by atoms with van der Waals surface area (Å²) in [6.07, 6.45) is 0. The minimum atomic E-state index is -0.159. The van der Waals surface area contributed by atoms with Crippen molar-refractivity contribution >= 4 is 5.91 Å². The zero-order chi connectivity index (χ0) is 19.8. The molecule has 0 saturated heterocycles. The van der Waals surface area contributed by atoms with Crippen LogP contribution in [-0.4, -0.2) is 52.3 Å². The molecule has 0 saturated carbocycles. The van der Waals surface area contributed by atoms with E-state index >= 15 is 0 Å². The molecular formula is C21H28N2O4. The Morgan fingerprint density at radius 1 is 1.04 bits per heavy atom. The molecule has 2 aromatic carbocycles. The summed E-state index contributed by atoms with van der Waals surface area (Å²) in [4.78, 5) is 14.6. The minimum Gasteiger partial charge on any atom is -0.494 e. The Labute approximate surface area is 161 Å². The lowest BCUT2D eigenvalue weighted by atomic mass is 10.1. The molecule has 2 aromatic rings. The number of nitrogens with zero attached hydrogens (tertiary/aromatic N) is 1. The second-order valence-corrected chi connectivity index (χ2v) is 6.26. The van der Waals surface area contributed by atoms with Crippen LogP contribution in [0.2, 0.25) is 0 Å². The molecular weight excluding hydrogens is 344 g/mol. The molecule has 0 bridgehead atoms. The number of nitrogens with one attached hydrogen (secondary N) is 1. The number of benzene rings is 2. The van der Waals surface area contributed by atoms with E-state index in [0.717, 1.165) is 11.3 Å². The zero-order valence-corrected chi connectivity index (χ0v) is 16.6. The molecule has 0 spiro atoms. The Balaban J connectivity index is 2.08. The lowest BCUT2D eigenvalue weighted by Gasteiger charge is -2.25. The van der Waals surface area contributed by atoms with E-state index in [2.05, 4.69) is 10.2 Å². The molecule has 1 unspecified atom stereocenters. The molecule has 0 aliphatic rings. The van der Waals surface area contributed by atoms with Crippen LogP contribution in [0.5, 0.6) is 17.2 Å². The third-order valence-corrected chi connectivity index (χ3v) is 4.30. The molecule has 2 rings (SSSR count). The summed E-state index contributed by atoms with van der Waals surface area (Å²) in [6.45, 7) is 3.08. The molecule has 1 atom stereocenters. The normalized spacial score (nSPS) is 11.8. The van der Waals surface area contributed by atoms with Gasteiger partial charge in [-0.15, -0.1) is 0 Å². The fraction of sp³-hybridized carbons (Fsp3) is 0.381. The molecule has 0 aliphatic heterocycles. The second kappa shape index (κ2) is 9.83. The number of carbonyl (C=O) groups is 1. The molecule has 0 heterocycles. The van der Waals surface area contributed by atoms with Crippen LogP contribution in [0.3, 0.4) is 0 Å². The SMILES string of the molecule is CCOc1ccc(C(CNC(=O)c2ccc(OC)c(OC)c2)N(C)C)cc1. The molecule has 0 fully saturated rings. The Morgan fingerprint density at radius 2 is 1.70 bits per heavy atom. The summed E-state index contributed by atoms with van der Waals surface area (Å²) in [5.74, 6) is 1.80. The zero-order valence-electron chi connectivity index (χ0n) is 16.6. The van der Waals surface area contributed by atoms with Crippen molar-refractivity contribution in [2.75, 3.05) is 41.5 Å². The molecule has 1 N–H and O–H groups in total.